The predicted molar refractivity (Wildman–Crippen MR) is 99.2 cm³/mol. The van der Waals surface area contributed by atoms with Crippen LogP contribution in [0.2, 0.25) is 0 Å². The van der Waals surface area contributed by atoms with Crippen LogP contribution in [0.4, 0.5) is 13.2 Å². The Hall–Kier alpha value is -2.45. The van der Waals surface area contributed by atoms with E-state index in [-0.39, 0.29) is 30.8 Å². The number of ether oxygens (including phenoxy) is 2. The lowest BCUT2D eigenvalue weighted by Gasteiger charge is -2.33. The van der Waals surface area contributed by atoms with E-state index in [4.69, 9.17) is 9.47 Å². The summed E-state index contributed by atoms with van der Waals surface area (Å²) >= 11 is 0. The molecule has 0 atom stereocenters. The third kappa shape index (κ3) is 6.03. The Balaban J connectivity index is 1.91. The van der Waals surface area contributed by atoms with Crippen molar-refractivity contribution in [1.29, 1.82) is 0 Å². The number of rotatable bonds is 6. The number of esters is 1. The van der Waals surface area contributed by atoms with Gasteiger partial charge < -0.3 is 19.7 Å². The zero-order valence-corrected chi connectivity index (χ0v) is 16.1. The number of guanidine groups is 1. The molecule has 0 radical (unpaired) electrons. The molecule has 1 heterocycles. The SMILES string of the molecule is CCNC(=NCCOc1ccccc1C(F)(F)F)N1CCC(C(=O)OC)CC1. The molecule has 0 amide bonds. The Morgan fingerprint density at radius 1 is 1.29 bits per heavy atom. The number of halogens is 3. The minimum Gasteiger partial charge on any atom is -0.491 e. The molecule has 0 aliphatic carbocycles. The summed E-state index contributed by atoms with van der Waals surface area (Å²) in [6.45, 7) is 4.15. The second kappa shape index (κ2) is 10.2. The van der Waals surface area contributed by atoms with E-state index < -0.39 is 11.7 Å². The number of hydrogen-bond acceptors (Lipinski definition) is 4. The number of carbonyl (C=O) groups is 1. The van der Waals surface area contributed by atoms with Crippen LogP contribution in [-0.4, -0.2) is 56.7 Å². The molecule has 6 nitrogen and oxygen atoms in total. The van der Waals surface area contributed by atoms with Crippen molar-refractivity contribution in [1.82, 2.24) is 10.2 Å². The van der Waals surface area contributed by atoms with E-state index in [1.807, 2.05) is 11.8 Å². The topological polar surface area (TPSA) is 63.2 Å². The molecule has 28 heavy (non-hydrogen) atoms. The third-order valence-electron chi connectivity index (χ3n) is 4.47. The average Bonchev–Trinajstić information content (AvgIpc) is 2.69. The van der Waals surface area contributed by atoms with Crippen molar-refractivity contribution in [2.24, 2.45) is 10.9 Å². The van der Waals surface area contributed by atoms with E-state index in [0.29, 0.717) is 38.4 Å². The van der Waals surface area contributed by atoms with E-state index in [9.17, 15) is 18.0 Å². The van der Waals surface area contributed by atoms with Crippen LogP contribution >= 0.6 is 0 Å². The summed E-state index contributed by atoms with van der Waals surface area (Å²) in [5, 5.41) is 3.17. The maximum Gasteiger partial charge on any atom is 0.419 e. The Bertz CT molecular complexity index is 672. The van der Waals surface area contributed by atoms with E-state index >= 15 is 0 Å². The Morgan fingerprint density at radius 3 is 2.57 bits per heavy atom. The van der Waals surface area contributed by atoms with Gasteiger partial charge in [-0.2, -0.15) is 13.2 Å². The van der Waals surface area contributed by atoms with Crippen LogP contribution in [-0.2, 0) is 15.7 Å². The minimum absolute atomic E-state index is 0.0284. The van der Waals surface area contributed by atoms with Crippen molar-refractivity contribution in [2.45, 2.75) is 25.9 Å². The number of nitrogens with one attached hydrogen (secondary N) is 1. The number of hydrogen-bond donors (Lipinski definition) is 1. The molecule has 1 aliphatic heterocycles. The highest BCUT2D eigenvalue weighted by Gasteiger charge is 2.34. The first-order chi connectivity index (χ1) is 13.4. The zero-order chi connectivity index (χ0) is 20.6. The average molecular weight is 401 g/mol. The number of benzene rings is 1. The van der Waals surface area contributed by atoms with Crippen LogP contribution in [0.15, 0.2) is 29.3 Å². The van der Waals surface area contributed by atoms with Crippen LogP contribution in [0.5, 0.6) is 5.75 Å². The molecule has 1 fully saturated rings. The summed E-state index contributed by atoms with van der Waals surface area (Å²) < 4.78 is 49.1. The maximum absolute atomic E-state index is 13.0. The minimum atomic E-state index is -4.46. The first kappa shape index (κ1) is 21.8. The summed E-state index contributed by atoms with van der Waals surface area (Å²) in [6.07, 6.45) is -3.11. The first-order valence-electron chi connectivity index (χ1n) is 9.27. The largest absolute Gasteiger partial charge is 0.491 e. The van der Waals surface area contributed by atoms with Gasteiger partial charge in [0.15, 0.2) is 5.96 Å². The monoisotopic (exact) mass is 401 g/mol. The Labute approximate surface area is 162 Å². The van der Waals surface area contributed by atoms with Crippen LogP contribution in [0.25, 0.3) is 0 Å². The standard InChI is InChI=1S/C19H26F3N3O3/c1-3-23-18(25-11-8-14(9-12-25)17(26)27-2)24-10-13-28-16-7-5-4-6-15(16)19(20,21)22/h4-7,14H,3,8-13H2,1-2H3,(H,23,24). The van der Waals surface area contributed by atoms with Gasteiger partial charge in [-0.15, -0.1) is 0 Å². The molecular formula is C19H26F3N3O3. The smallest absolute Gasteiger partial charge is 0.419 e. The fourth-order valence-corrected chi connectivity index (χ4v) is 3.05. The first-order valence-corrected chi connectivity index (χ1v) is 9.27. The highest BCUT2D eigenvalue weighted by atomic mass is 19.4. The number of para-hydroxylation sites is 1. The van der Waals surface area contributed by atoms with Crippen LogP contribution in [0, 0.1) is 5.92 Å². The number of nitrogens with zero attached hydrogens (tertiary/aromatic N) is 2. The predicted octanol–water partition coefficient (Wildman–Crippen LogP) is 2.93. The van der Waals surface area contributed by atoms with E-state index in [2.05, 4.69) is 10.3 Å². The molecule has 0 aromatic heterocycles. The van der Waals surface area contributed by atoms with Crippen molar-refractivity contribution in [3.63, 3.8) is 0 Å². The van der Waals surface area contributed by atoms with Crippen LogP contribution in [0.3, 0.4) is 0 Å². The molecule has 1 saturated heterocycles. The number of aliphatic imine (C=N–C) groups is 1. The van der Waals surface area contributed by atoms with Gasteiger partial charge in [0, 0.05) is 19.6 Å². The van der Waals surface area contributed by atoms with Crippen LogP contribution in [0.1, 0.15) is 25.3 Å². The molecule has 0 bridgehead atoms. The van der Waals surface area contributed by atoms with Crippen LogP contribution < -0.4 is 10.1 Å². The second-order valence-electron chi connectivity index (χ2n) is 6.36. The molecule has 156 valence electrons. The summed E-state index contributed by atoms with van der Waals surface area (Å²) in [5.74, 6) is 0.164. The number of piperidine rings is 1. The zero-order valence-electron chi connectivity index (χ0n) is 16.1. The Morgan fingerprint density at radius 2 is 1.96 bits per heavy atom. The third-order valence-corrected chi connectivity index (χ3v) is 4.47. The van der Waals surface area contributed by atoms with Gasteiger partial charge in [0.25, 0.3) is 0 Å². The molecule has 1 aliphatic rings. The maximum atomic E-state index is 13.0. The van der Waals surface area contributed by atoms with Gasteiger partial charge in [0.1, 0.15) is 12.4 Å². The summed E-state index contributed by atoms with van der Waals surface area (Å²) in [7, 11) is 1.39. The van der Waals surface area contributed by atoms with Gasteiger partial charge in [-0.3, -0.25) is 4.79 Å². The van der Waals surface area contributed by atoms with Crippen molar-refractivity contribution in [2.75, 3.05) is 39.9 Å². The molecule has 0 spiro atoms. The van der Waals surface area contributed by atoms with Gasteiger partial charge in [-0.25, -0.2) is 4.99 Å². The van der Waals surface area contributed by atoms with E-state index in [1.54, 1.807) is 0 Å². The van der Waals surface area contributed by atoms with Gasteiger partial charge >= 0.3 is 12.1 Å². The molecule has 2 rings (SSSR count). The van der Waals surface area contributed by atoms with Gasteiger partial charge in [0.05, 0.1) is 25.1 Å². The van der Waals surface area contributed by atoms with E-state index in [1.165, 1.54) is 25.3 Å². The van der Waals surface area contributed by atoms with Crippen molar-refractivity contribution in [3.05, 3.63) is 29.8 Å². The lowest BCUT2D eigenvalue weighted by molar-refractivity contribution is -0.146. The molecule has 0 unspecified atom stereocenters. The van der Waals surface area contributed by atoms with Gasteiger partial charge in [-0.1, -0.05) is 12.1 Å². The lowest BCUT2D eigenvalue weighted by Crippen LogP contribution is -2.46. The summed E-state index contributed by atoms with van der Waals surface area (Å²) in [4.78, 5) is 18.1. The van der Waals surface area contributed by atoms with Gasteiger partial charge in [0.2, 0.25) is 0 Å². The molecule has 1 aromatic rings. The fraction of sp³-hybridized carbons (Fsp3) is 0.579. The number of alkyl halides is 3. The second-order valence-corrected chi connectivity index (χ2v) is 6.36. The Kier molecular flexibility index (Phi) is 7.95. The number of likely N-dealkylation sites (tertiary alicyclic amines) is 1. The fourth-order valence-electron chi connectivity index (χ4n) is 3.05. The summed E-state index contributed by atoms with van der Waals surface area (Å²) in [5.41, 5.74) is -0.796. The van der Waals surface area contributed by atoms with Crippen molar-refractivity contribution < 1.29 is 27.4 Å². The number of carbonyl (C=O) groups excluding carboxylic acids is 1. The lowest BCUT2D eigenvalue weighted by atomic mass is 9.97. The van der Waals surface area contributed by atoms with E-state index in [0.717, 1.165) is 6.07 Å². The molecule has 9 heteroatoms. The highest BCUT2D eigenvalue weighted by Crippen LogP contribution is 2.35. The van der Waals surface area contributed by atoms with Crippen molar-refractivity contribution in [3.8, 4) is 5.75 Å². The van der Waals surface area contributed by atoms with Gasteiger partial charge in [-0.05, 0) is 31.9 Å². The van der Waals surface area contributed by atoms with Crippen molar-refractivity contribution >= 4 is 11.9 Å². The number of methoxy groups -OCH3 is 1. The molecule has 1 N–H and O–H groups in total. The summed E-state index contributed by atoms with van der Waals surface area (Å²) in [6, 6.07) is 5.13. The molecule has 0 saturated carbocycles. The molecular weight excluding hydrogens is 375 g/mol. The molecule has 1 aromatic carbocycles. The normalized spacial score (nSPS) is 16.0. The quantitative estimate of drug-likeness (QED) is 0.344. The highest BCUT2D eigenvalue weighted by molar-refractivity contribution is 5.80.